The highest BCUT2D eigenvalue weighted by atomic mass is 32.1. The molecule has 0 aliphatic heterocycles. The van der Waals surface area contributed by atoms with Crippen LogP contribution in [0.1, 0.15) is 20.8 Å². The zero-order valence-corrected chi connectivity index (χ0v) is 11.9. The molecule has 0 spiro atoms. The summed E-state index contributed by atoms with van der Waals surface area (Å²) in [5.74, 6) is 0.847. The lowest BCUT2D eigenvalue weighted by Gasteiger charge is -2.04. The number of carbonyl (C=O) groups is 1. The Balaban J connectivity index is 2.02. The van der Waals surface area contributed by atoms with E-state index in [4.69, 9.17) is 4.74 Å². The van der Waals surface area contributed by atoms with Crippen molar-refractivity contribution in [2.24, 2.45) is 0 Å². The molecule has 0 unspecified atom stereocenters. The molecule has 0 aliphatic carbocycles. The van der Waals surface area contributed by atoms with Crippen molar-refractivity contribution in [3.05, 3.63) is 64.5 Å². The number of fused-ring (bicyclic) bond motifs is 1. The fraction of sp³-hybridized carbons (Fsp3) is 0.118. The topological polar surface area (TPSA) is 26.3 Å². The summed E-state index contributed by atoms with van der Waals surface area (Å²) < 4.78 is 6.33. The molecule has 20 heavy (non-hydrogen) atoms. The van der Waals surface area contributed by atoms with E-state index < -0.39 is 0 Å². The molecule has 0 aliphatic rings. The van der Waals surface area contributed by atoms with E-state index in [0.29, 0.717) is 0 Å². The first-order valence-electron chi connectivity index (χ1n) is 6.40. The first kappa shape index (κ1) is 12.9. The molecule has 3 heteroatoms. The highest BCUT2D eigenvalue weighted by Crippen LogP contribution is 2.32. The zero-order chi connectivity index (χ0) is 13.9. The lowest BCUT2D eigenvalue weighted by atomic mass is 10.0. The van der Waals surface area contributed by atoms with Gasteiger partial charge in [0.2, 0.25) is 0 Å². The van der Waals surface area contributed by atoms with Crippen LogP contribution in [0.4, 0.5) is 0 Å². The second-order valence-electron chi connectivity index (χ2n) is 4.58. The summed E-state index contributed by atoms with van der Waals surface area (Å²) in [7, 11) is 1.66. The molecule has 0 bridgehead atoms. The molecule has 3 rings (SSSR count). The maximum Gasteiger partial charge on any atom is 0.160 e. The first-order chi connectivity index (χ1) is 9.81. The van der Waals surface area contributed by atoms with Crippen LogP contribution in [0.3, 0.4) is 0 Å². The third-order valence-corrected chi connectivity index (χ3v) is 4.51. The molecule has 0 amide bonds. The van der Waals surface area contributed by atoms with Crippen LogP contribution in [0.25, 0.3) is 10.1 Å². The molecule has 0 radical (unpaired) electrons. The monoisotopic (exact) mass is 282 g/mol. The average molecular weight is 282 g/mol. The summed E-state index contributed by atoms with van der Waals surface area (Å²) in [6.45, 7) is 0. The van der Waals surface area contributed by atoms with E-state index in [1.807, 2.05) is 36.4 Å². The molecule has 1 heterocycles. The van der Waals surface area contributed by atoms with E-state index >= 15 is 0 Å². The maximum absolute atomic E-state index is 11.3. The number of rotatable bonds is 4. The van der Waals surface area contributed by atoms with Gasteiger partial charge in [-0.1, -0.05) is 30.3 Å². The predicted molar refractivity (Wildman–Crippen MR) is 83.0 cm³/mol. The summed E-state index contributed by atoms with van der Waals surface area (Å²) in [6.07, 6.45) is 1.73. The van der Waals surface area contributed by atoms with Crippen molar-refractivity contribution in [3.63, 3.8) is 0 Å². The van der Waals surface area contributed by atoms with E-state index in [2.05, 4.69) is 12.1 Å². The number of hydrogen-bond acceptors (Lipinski definition) is 3. The number of benzene rings is 2. The zero-order valence-electron chi connectivity index (χ0n) is 11.1. The molecule has 2 nitrogen and oxygen atoms in total. The summed E-state index contributed by atoms with van der Waals surface area (Å²) >= 11 is 1.56. The van der Waals surface area contributed by atoms with Crippen LogP contribution in [0.5, 0.6) is 5.75 Å². The van der Waals surface area contributed by atoms with Crippen LogP contribution in [0.2, 0.25) is 0 Å². The van der Waals surface area contributed by atoms with E-state index in [9.17, 15) is 4.79 Å². The molecular formula is C17H14O2S. The van der Waals surface area contributed by atoms with Gasteiger partial charge in [-0.15, -0.1) is 11.3 Å². The molecular weight excluding hydrogens is 268 g/mol. The van der Waals surface area contributed by atoms with Gasteiger partial charge in [0.1, 0.15) is 5.75 Å². The fourth-order valence-corrected chi connectivity index (χ4v) is 3.38. The number of methoxy groups -OCH3 is 1. The van der Waals surface area contributed by atoms with Gasteiger partial charge < -0.3 is 4.74 Å². The second-order valence-corrected chi connectivity index (χ2v) is 5.67. The predicted octanol–water partition coefficient (Wildman–Crippen LogP) is 4.31. The Morgan fingerprint density at radius 3 is 2.55 bits per heavy atom. The number of carbonyl (C=O) groups excluding carboxylic acids is 1. The van der Waals surface area contributed by atoms with Crippen molar-refractivity contribution in [1.29, 1.82) is 0 Å². The van der Waals surface area contributed by atoms with Gasteiger partial charge in [0.25, 0.3) is 0 Å². The Labute approximate surface area is 121 Å². The summed E-state index contributed by atoms with van der Waals surface area (Å²) in [5, 5.41) is 1.18. The molecule has 0 saturated carbocycles. The van der Waals surface area contributed by atoms with Crippen molar-refractivity contribution in [1.82, 2.24) is 0 Å². The SMILES string of the molecule is COc1ccc(Cc2c(C=O)sc3ccccc23)cc1. The van der Waals surface area contributed by atoms with Crippen LogP contribution >= 0.6 is 11.3 Å². The van der Waals surface area contributed by atoms with E-state index in [1.165, 1.54) is 10.9 Å². The number of aldehydes is 1. The molecule has 3 aromatic rings. The third kappa shape index (κ3) is 2.32. The maximum atomic E-state index is 11.3. The highest BCUT2D eigenvalue weighted by molar-refractivity contribution is 7.20. The minimum atomic E-state index is 0.766. The molecule has 2 aromatic carbocycles. The Hall–Kier alpha value is -2.13. The highest BCUT2D eigenvalue weighted by Gasteiger charge is 2.11. The fourth-order valence-electron chi connectivity index (χ4n) is 2.34. The van der Waals surface area contributed by atoms with Crippen LogP contribution in [-0.2, 0) is 6.42 Å². The van der Waals surface area contributed by atoms with Gasteiger partial charge in [0, 0.05) is 4.70 Å². The first-order valence-corrected chi connectivity index (χ1v) is 7.22. The quantitative estimate of drug-likeness (QED) is 0.666. The van der Waals surface area contributed by atoms with Crippen LogP contribution in [-0.4, -0.2) is 13.4 Å². The smallest absolute Gasteiger partial charge is 0.160 e. The summed E-state index contributed by atoms with van der Waals surface area (Å²) in [6, 6.07) is 16.1. The van der Waals surface area contributed by atoms with Crippen LogP contribution in [0, 0.1) is 0 Å². The minimum absolute atomic E-state index is 0.766. The molecule has 0 fully saturated rings. The van der Waals surface area contributed by atoms with Crippen molar-refractivity contribution in [2.75, 3.05) is 7.11 Å². The van der Waals surface area contributed by atoms with Crippen molar-refractivity contribution >= 4 is 27.7 Å². The van der Waals surface area contributed by atoms with E-state index in [-0.39, 0.29) is 0 Å². The second kappa shape index (κ2) is 5.47. The third-order valence-electron chi connectivity index (χ3n) is 3.38. The Bertz CT molecular complexity index is 741. The van der Waals surface area contributed by atoms with Crippen LogP contribution in [0.15, 0.2) is 48.5 Å². The largest absolute Gasteiger partial charge is 0.497 e. The lowest BCUT2D eigenvalue weighted by molar-refractivity contribution is 0.112. The van der Waals surface area contributed by atoms with Crippen molar-refractivity contribution < 1.29 is 9.53 Å². The Kier molecular flexibility index (Phi) is 3.52. The average Bonchev–Trinajstić information content (AvgIpc) is 2.86. The Morgan fingerprint density at radius 2 is 1.85 bits per heavy atom. The minimum Gasteiger partial charge on any atom is -0.497 e. The van der Waals surface area contributed by atoms with Crippen molar-refractivity contribution in [2.45, 2.75) is 6.42 Å². The van der Waals surface area contributed by atoms with Gasteiger partial charge >= 0.3 is 0 Å². The molecule has 100 valence electrons. The number of ether oxygens (including phenoxy) is 1. The molecule has 0 N–H and O–H groups in total. The van der Waals surface area contributed by atoms with Gasteiger partial charge in [-0.2, -0.15) is 0 Å². The number of thiophene rings is 1. The molecule has 0 atom stereocenters. The van der Waals surface area contributed by atoms with E-state index in [1.54, 1.807) is 18.4 Å². The van der Waals surface area contributed by atoms with Gasteiger partial charge in [0.15, 0.2) is 6.29 Å². The Morgan fingerprint density at radius 1 is 1.10 bits per heavy atom. The van der Waals surface area contributed by atoms with Gasteiger partial charge in [-0.25, -0.2) is 0 Å². The van der Waals surface area contributed by atoms with Crippen LogP contribution < -0.4 is 4.74 Å². The standard InChI is InChI=1S/C17H14O2S/c1-19-13-8-6-12(7-9-13)10-15-14-4-2-3-5-16(14)20-17(15)11-18/h2-9,11H,10H2,1H3. The van der Waals surface area contributed by atoms with Crippen molar-refractivity contribution in [3.8, 4) is 5.75 Å². The van der Waals surface area contributed by atoms with E-state index in [0.717, 1.165) is 33.6 Å². The molecule has 1 aromatic heterocycles. The van der Waals surface area contributed by atoms with Gasteiger partial charge in [-0.3, -0.25) is 4.79 Å². The summed E-state index contributed by atoms with van der Waals surface area (Å²) in [4.78, 5) is 12.1. The van der Waals surface area contributed by atoms with Gasteiger partial charge in [0.05, 0.1) is 12.0 Å². The number of hydrogen-bond donors (Lipinski definition) is 0. The van der Waals surface area contributed by atoms with Gasteiger partial charge in [-0.05, 0) is 41.1 Å². The summed E-state index contributed by atoms with van der Waals surface area (Å²) in [5.41, 5.74) is 2.29. The lowest BCUT2D eigenvalue weighted by Crippen LogP contribution is -1.91. The normalized spacial score (nSPS) is 10.7. The molecule has 0 saturated heterocycles.